The van der Waals surface area contributed by atoms with Crippen molar-refractivity contribution in [2.45, 2.75) is 0 Å². The predicted octanol–water partition coefficient (Wildman–Crippen LogP) is 1.76. The minimum atomic E-state index is 0. The molecular formula is C10H8InN2. The molecule has 0 aliphatic carbocycles. The molecule has 0 spiro atoms. The molecule has 3 radical (unpaired) electrons. The molecule has 0 aliphatic rings. The van der Waals surface area contributed by atoms with E-state index in [1.165, 1.54) is 0 Å². The molecule has 0 aliphatic heterocycles. The molecule has 0 saturated carbocycles. The number of hydrogen-bond donors (Lipinski definition) is 0. The van der Waals surface area contributed by atoms with Gasteiger partial charge in [-0.25, -0.2) is 0 Å². The van der Waals surface area contributed by atoms with Crippen molar-refractivity contribution in [3.05, 3.63) is 48.8 Å². The van der Waals surface area contributed by atoms with Gasteiger partial charge in [-0.2, -0.15) is 0 Å². The van der Waals surface area contributed by atoms with Crippen LogP contribution < -0.4 is 0 Å². The summed E-state index contributed by atoms with van der Waals surface area (Å²) in [5, 5.41) is 0. The van der Waals surface area contributed by atoms with Crippen LogP contribution in [0, 0.1) is 0 Å². The molecule has 3 heteroatoms. The zero-order chi connectivity index (χ0) is 8.23. The SMILES string of the molecule is [In].c1ccc(-c2ccccn2)nc1. The van der Waals surface area contributed by atoms with Crippen molar-refractivity contribution in [2.24, 2.45) is 0 Å². The van der Waals surface area contributed by atoms with Gasteiger partial charge in [-0.15, -0.1) is 0 Å². The summed E-state index contributed by atoms with van der Waals surface area (Å²) < 4.78 is 0. The van der Waals surface area contributed by atoms with Crippen molar-refractivity contribution in [3.63, 3.8) is 0 Å². The summed E-state index contributed by atoms with van der Waals surface area (Å²) in [5.74, 6) is 0. The van der Waals surface area contributed by atoms with E-state index in [0.29, 0.717) is 0 Å². The summed E-state index contributed by atoms with van der Waals surface area (Å²) in [7, 11) is 0. The van der Waals surface area contributed by atoms with E-state index in [-0.39, 0.29) is 25.8 Å². The Balaban J connectivity index is 0.000000845. The van der Waals surface area contributed by atoms with Crippen LogP contribution in [0.2, 0.25) is 0 Å². The summed E-state index contributed by atoms with van der Waals surface area (Å²) in [6, 6.07) is 11.6. The molecule has 0 atom stereocenters. The molecule has 0 amide bonds. The van der Waals surface area contributed by atoms with E-state index in [1.807, 2.05) is 36.4 Å². The van der Waals surface area contributed by atoms with Crippen molar-refractivity contribution in [1.29, 1.82) is 0 Å². The Morgan fingerprint density at radius 2 is 1.15 bits per heavy atom. The third-order valence-corrected chi connectivity index (χ3v) is 1.59. The molecule has 0 aromatic carbocycles. The Morgan fingerprint density at radius 1 is 0.692 bits per heavy atom. The maximum Gasteiger partial charge on any atom is 0.0886 e. The Morgan fingerprint density at radius 3 is 1.46 bits per heavy atom. The molecule has 2 aromatic heterocycles. The molecule has 0 fully saturated rings. The van der Waals surface area contributed by atoms with Gasteiger partial charge in [-0.1, -0.05) is 12.1 Å². The summed E-state index contributed by atoms with van der Waals surface area (Å²) in [5.41, 5.74) is 1.83. The zero-order valence-corrected chi connectivity index (χ0v) is 10.4. The molecule has 2 nitrogen and oxygen atoms in total. The van der Waals surface area contributed by atoms with Gasteiger partial charge >= 0.3 is 0 Å². The second kappa shape index (κ2) is 5.02. The van der Waals surface area contributed by atoms with E-state index < -0.39 is 0 Å². The zero-order valence-electron chi connectivity index (χ0n) is 7.09. The predicted molar refractivity (Wildman–Crippen MR) is 53.2 cm³/mol. The van der Waals surface area contributed by atoms with Crippen LogP contribution in [0.5, 0.6) is 0 Å². The molecule has 0 unspecified atom stereocenters. The van der Waals surface area contributed by atoms with Crippen LogP contribution in [0.1, 0.15) is 0 Å². The largest absolute Gasteiger partial charge is 0.255 e. The van der Waals surface area contributed by atoms with Crippen molar-refractivity contribution in [3.8, 4) is 11.4 Å². The number of aromatic nitrogens is 2. The van der Waals surface area contributed by atoms with Gasteiger partial charge in [0.1, 0.15) is 0 Å². The molecule has 2 rings (SSSR count). The van der Waals surface area contributed by atoms with E-state index in [4.69, 9.17) is 0 Å². The van der Waals surface area contributed by atoms with Crippen LogP contribution in [0.25, 0.3) is 11.4 Å². The van der Waals surface area contributed by atoms with Crippen LogP contribution in [0.4, 0.5) is 0 Å². The van der Waals surface area contributed by atoms with E-state index in [2.05, 4.69) is 9.97 Å². The van der Waals surface area contributed by atoms with Gasteiger partial charge in [0.05, 0.1) is 11.4 Å². The van der Waals surface area contributed by atoms with Gasteiger partial charge in [0.2, 0.25) is 0 Å². The minimum Gasteiger partial charge on any atom is -0.255 e. The maximum absolute atomic E-state index is 4.19. The van der Waals surface area contributed by atoms with Crippen LogP contribution in [0.3, 0.4) is 0 Å². The van der Waals surface area contributed by atoms with Crippen LogP contribution in [-0.2, 0) is 0 Å². The molecule has 2 aromatic rings. The van der Waals surface area contributed by atoms with Gasteiger partial charge in [0, 0.05) is 38.2 Å². The van der Waals surface area contributed by atoms with Crippen molar-refractivity contribution in [2.75, 3.05) is 0 Å². The van der Waals surface area contributed by atoms with E-state index in [0.717, 1.165) is 11.4 Å². The molecule has 61 valence electrons. The van der Waals surface area contributed by atoms with Gasteiger partial charge in [-0.05, 0) is 24.3 Å². The van der Waals surface area contributed by atoms with E-state index in [1.54, 1.807) is 12.4 Å². The average molecular weight is 271 g/mol. The molecular weight excluding hydrogens is 263 g/mol. The fourth-order valence-corrected chi connectivity index (χ4v) is 1.03. The second-order valence-electron chi connectivity index (χ2n) is 2.43. The van der Waals surface area contributed by atoms with Gasteiger partial charge in [-0.3, -0.25) is 9.97 Å². The van der Waals surface area contributed by atoms with Gasteiger partial charge in [0.25, 0.3) is 0 Å². The van der Waals surface area contributed by atoms with Crippen LogP contribution >= 0.6 is 0 Å². The minimum absolute atomic E-state index is 0. The summed E-state index contributed by atoms with van der Waals surface area (Å²) in [6.45, 7) is 0. The van der Waals surface area contributed by atoms with E-state index >= 15 is 0 Å². The van der Waals surface area contributed by atoms with Crippen molar-refractivity contribution < 1.29 is 0 Å². The van der Waals surface area contributed by atoms with E-state index in [9.17, 15) is 0 Å². The molecule has 0 N–H and O–H groups in total. The average Bonchev–Trinajstić information content (AvgIpc) is 2.21. The number of pyridine rings is 2. The fourth-order valence-electron chi connectivity index (χ4n) is 1.03. The third kappa shape index (κ3) is 2.56. The number of rotatable bonds is 1. The number of hydrogen-bond acceptors (Lipinski definition) is 2. The standard InChI is InChI=1S/C10H8N2.In/c1-3-7-11-9(5-1)10-6-2-4-8-12-10;/h1-8H;. The summed E-state index contributed by atoms with van der Waals surface area (Å²) >= 11 is 0. The second-order valence-corrected chi connectivity index (χ2v) is 2.43. The van der Waals surface area contributed by atoms with Crippen LogP contribution in [-0.4, -0.2) is 35.8 Å². The maximum atomic E-state index is 4.19. The Labute approximate surface area is 95.8 Å². The third-order valence-electron chi connectivity index (χ3n) is 1.59. The van der Waals surface area contributed by atoms with Crippen molar-refractivity contribution >= 4 is 25.8 Å². The van der Waals surface area contributed by atoms with Crippen molar-refractivity contribution in [1.82, 2.24) is 9.97 Å². The topological polar surface area (TPSA) is 25.8 Å². The first-order valence-corrected chi connectivity index (χ1v) is 3.79. The first kappa shape index (κ1) is 10.3. The normalized spacial score (nSPS) is 8.92. The molecule has 0 saturated heterocycles. The first-order chi connectivity index (χ1) is 5.97. The smallest absolute Gasteiger partial charge is 0.0886 e. The Kier molecular flexibility index (Phi) is 3.96. The quantitative estimate of drug-likeness (QED) is 0.789. The Bertz CT molecular complexity index is 310. The molecule has 13 heavy (non-hydrogen) atoms. The first-order valence-electron chi connectivity index (χ1n) is 3.79. The monoisotopic (exact) mass is 271 g/mol. The molecule has 0 bridgehead atoms. The van der Waals surface area contributed by atoms with Gasteiger partial charge < -0.3 is 0 Å². The fraction of sp³-hybridized carbons (Fsp3) is 0. The summed E-state index contributed by atoms with van der Waals surface area (Å²) in [6.07, 6.45) is 3.54. The van der Waals surface area contributed by atoms with Gasteiger partial charge in [0.15, 0.2) is 0 Å². The number of nitrogens with zero attached hydrogens (tertiary/aromatic N) is 2. The Hall–Kier alpha value is -0.830. The molecule has 2 heterocycles. The van der Waals surface area contributed by atoms with Crippen LogP contribution in [0.15, 0.2) is 48.8 Å². The summed E-state index contributed by atoms with van der Waals surface area (Å²) in [4.78, 5) is 8.37.